The maximum Gasteiger partial charge on any atom is 0.472 e. The summed E-state index contributed by atoms with van der Waals surface area (Å²) in [6, 6.07) is -0.601. The Morgan fingerprint density at radius 3 is 2.67 bits per heavy atom. The second-order valence-electron chi connectivity index (χ2n) is 8.67. The average Bonchev–Trinajstić information content (AvgIpc) is 3.47. The highest BCUT2D eigenvalue weighted by Crippen LogP contribution is 2.49. The fraction of sp³-hybridized carbons (Fsp3) is 0.667. The van der Waals surface area contributed by atoms with Gasteiger partial charge in [-0.15, -0.1) is 0 Å². The Bertz CT molecular complexity index is 1210. The molecule has 200 valence electrons. The third-order valence-corrected chi connectivity index (χ3v) is 7.49. The molecule has 2 aliphatic rings. The number of phosphoric ester groups is 1. The molecule has 0 radical (unpaired) electrons. The zero-order chi connectivity index (χ0) is 26.3. The number of aromatic nitrogens is 4. The smallest absolute Gasteiger partial charge is 0.391 e. The van der Waals surface area contributed by atoms with E-state index in [1.165, 1.54) is 29.0 Å². The van der Waals surface area contributed by atoms with Gasteiger partial charge in [0.1, 0.15) is 30.3 Å². The molecular weight excluding hydrogens is 522 g/mol. The molecule has 2 aliphatic heterocycles. The van der Waals surface area contributed by atoms with Gasteiger partial charge in [0.05, 0.1) is 31.7 Å². The topological polar surface area (TPSA) is 222 Å². The molecule has 0 aliphatic carbocycles. The molecule has 0 aromatic carbocycles. The quantitative estimate of drug-likeness (QED) is 0.302. The van der Waals surface area contributed by atoms with Crippen molar-refractivity contribution in [3.63, 3.8) is 0 Å². The second kappa shape index (κ2) is 10.4. The standard InChI is InChI=1S/C18H28N6O10P2/c1-10(25)23-5-12(26)3-11(23)6-32-36(29,30)34-13-4-15(33-14(13)7-31-35(2,27)28)24-9-22-16-17(19)20-8-21-18(16)24/h8-9,11-15,26H,3-7H2,1-2H3,(H,27,28)(H,29,30)(H2,19,20,21)/t11-,12+,13+,14-,15-/m1/s1. The number of likely N-dealkylation sites (tertiary alicyclic amines) is 1. The number of rotatable bonds is 9. The molecule has 16 nitrogen and oxygen atoms in total. The van der Waals surface area contributed by atoms with E-state index in [9.17, 15) is 28.8 Å². The summed E-state index contributed by atoms with van der Waals surface area (Å²) in [7, 11) is -8.58. The van der Waals surface area contributed by atoms with Gasteiger partial charge < -0.3 is 34.8 Å². The average molecular weight is 550 g/mol. The summed E-state index contributed by atoms with van der Waals surface area (Å²) >= 11 is 0. The molecule has 0 spiro atoms. The van der Waals surface area contributed by atoms with Crippen LogP contribution in [0.4, 0.5) is 5.82 Å². The summed E-state index contributed by atoms with van der Waals surface area (Å²) in [5, 5.41) is 9.84. The van der Waals surface area contributed by atoms with Crippen LogP contribution in [0.15, 0.2) is 12.7 Å². The summed E-state index contributed by atoms with van der Waals surface area (Å²) in [5.41, 5.74) is 6.51. The van der Waals surface area contributed by atoms with Gasteiger partial charge in [-0.05, 0) is 6.42 Å². The Morgan fingerprint density at radius 1 is 1.22 bits per heavy atom. The molecule has 2 aromatic rings. The number of hydrogen-bond acceptors (Lipinski definition) is 12. The first-order valence-corrected chi connectivity index (χ1v) is 14.5. The summed E-state index contributed by atoms with van der Waals surface area (Å²) in [5.74, 6) is -0.149. The Balaban J connectivity index is 1.48. The van der Waals surface area contributed by atoms with Crippen LogP contribution < -0.4 is 5.73 Å². The van der Waals surface area contributed by atoms with Gasteiger partial charge in [0.2, 0.25) is 5.91 Å². The van der Waals surface area contributed by atoms with E-state index in [1.54, 1.807) is 0 Å². The van der Waals surface area contributed by atoms with Gasteiger partial charge in [0.15, 0.2) is 11.5 Å². The maximum absolute atomic E-state index is 12.8. The number of carbonyl (C=O) groups is 1. The van der Waals surface area contributed by atoms with Gasteiger partial charge in [-0.3, -0.25) is 23.0 Å². The number of phosphoric acid groups is 1. The van der Waals surface area contributed by atoms with E-state index >= 15 is 0 Å². The number of amides is 1. The third kappa shape index (κ3) is 6.28. The molecule has 4 rings (SSSR count). The van der Waals surface area contributed by atoms with Crippen molar-refractivity contribution in [3.8, 4) is 0 Å². The van der Waals surface area contributed by atoms with Gasteiger partial charge in [-0.1, -0.05) is 0 Å². The molecule has 5 N–H and O–H groups in total. The van der Waals surface area contributed by atoms with E-state index < -0.39 is 52.6 Å². The predicted octanol–water partition coefficient (Wildman–Crippen LogP) is 0.0117. The van der Waals surface area contributed by atoms with Crippen molar-refractivity contribution >= 4 is 38.3 Å². The molecule has 2 saturated heterocycles. The van der Waals surface area contributed by atoms with Crippen molar-refractivity contribution in [1.82, 2.24) is 24.4 Å². The zero-order valence-electron chi connectivity index (χ0n) is 19.5. The highest BCUT2D eigenvalue weighted by molar-refractivity contribution is 7.51. The molecule has 2 fully saturated rings. The number of anilines is 1. The first-order chi connectivity index (χ1) is 16.8. The number of β-amino-alcohol motifs (C(OH)–C–C–N with tert-alkyl or cyclic N) is 1. The zero-order valence-corrected chi connectivity index (χ0v) is 21.3. The summed E-state index contributed by atoms with van der Waals surface area (Å²) in [6.45, 7) is 1.67. The minimum absolute atomic E-state index is 0.0124. The van der Waals surface area contributed by atoms with E-state index in [0.29, 0.717) is 11.2 Å². The molecule has 0 bridgehead atoms. The molecule has 0 saturated carbocycles. The first kappa shape index (κ1) is 27.0. The second-order valence-corrected chi connectivity index (χ2v) is 11.9. The van der Waals surface area contributed by atoms with Crippen LogP contribution >= 0.6 is 15.4 Å². The number of nitrogen functional groups attached to an aromatic ring is 1. The largest absolute Gasteiger partial charge is 0.472 e. The lowest BCUT2D eigenvalue weighted by atomic mass is 10.2. The van der Waals surface area contributed by atoms with Crippen LogP contribution in [0.25, 0.3) is 11.2 Å². The lowest BCUT2D eigenvalue weighted by molar-refractivity contribution is -0.130. The molecule has 2 unspecified atom stereocenters. The van der Waals surface area contributed by atoms with Crippen LogP contribution in [0.3, 0.4) is 0 Å². The Morgan fingerprint density at radius 2 is 1.97 bits per heavy atom. The monoisotopic (exact) mass is 550 g/mol. The number of aliphatic hydroxyl groups is 1. The SMILES string of the molecule is CC(=O)N1C[C@@H](O)C[C@@H]1COP(=O)(O)O[C@H]1C[C@H](n2cnc3c(N)ncnc32)O[C@@H]1COP(C)(=O)O. The number of aliphatic hydroxyl groups excluding tert-OH is 1. The van der Waals surface area contributed by atoms with Crippen LogP contribution in [-0.4, -0.2) is 96.0 Å². The molecule has 36 heavy (non-hydrogen) atoms. The highest BCUT2D eigenvalue weighted by atomic mass is 31.2. The van der Waals surface area contributed by atoms with Gasteiger partial charge >= 0.3 is 15.4 Å². The van der Waals surface area contributed by atoms with Gasteiger partial charge in [-0.2, -0.15) is 0 Å². The van der Waals surface area contributed by atoms with Crippen molar-refractivity contribution in [2.45, 2.75) is 50.3 Å². The third-order valence-electron chi connectivity index (χ3n) is 5.85. The fourth-order valence-electron chi connectivity index (χ4n) is 4.24. The maximum atomic E-state index is 12.8. The Labute approximate surface area is 205 Å². The summed E-state index contributed by atoms with van der Waals surface area (Å²) in [6.07, 6.45) is -0.823. The highest BCUT2D eigenvalue weighted by Gasteiger charge is 2.43. The number of carbonyl (C=O) groups excluding carboxylic acids is 1. The van der Waals surface area contributed by atoms with Crippen molar-refractivity contribution in [3.05, 3.63) is 12.7 Å². The van der Waals surface area contributed by atoms with Gasteiger partial charge in [0, 0.05) is 26.6 Å². The first-order valence-electron chi connectivity index (χ1n) is 11.0. The van der Waals surface area contributed by atoms with Gasteiger partial charge in [0.25, 0.3) is 0 Å². The molecular formula is C18H28N6O10P2. The minimum Gasteiger partial charge on any atom is -0.391 e. The fourth-order valence-corrected chi connectivity index (χ4v) is 5.65. The van der Waals surface area contributed by atoms with Crippen LogP contribution in [0.2, 0.25) is 0 Å². The molecule has 1 amide bonds. The summed E-state index contributed by atoms with van der Waals surface area (Å²) in [4.78, 5) is 45.2. The number of fused-ring (bicyclic) bond motifs is 1. The van der Waals surface area contributed by atoms with Crippen molar-refractivity contribution < 1.29 is 47.1 Å². The van der Waals surface area contributed by atoms with E-state index in [0.717, 1.165) is 6.66 Å². The lowest BCUT2D eigenvalue weighted by Crippen LogP contribution is -2.37. The van der Waals surface area contributed by atoms with E-state index in [4.69, 9.17) is 24.0 Å². The normalized spacial score (nSPS) is 29.9. The Kier molecular flexibility index (Phi) is 7.81. The Hall–Kier alpha value is -2.00. The predicted molar refractivity (Wildman–Crippen MR) is 122 cm³/mol. The number of nitrogens with two attached hydrogens (primary N) is 1. The number of imidazole rings is 1. The van der Waals surface area contributed by atoms with Gasteiger partial charge in [-0.25, -0.2) is 19.5 Å². The van der Waals surface area contributed by atoms with Crippen molar-refractivity contribution in [2.75, 3.05) is 32.2 Å². The number of hydrogen-bond donors (Lipinski definition) is 4. The van der Waals surface area contributed by atoms with Crippen LogP contribution in [0.5, 0.6) is 0 Å². The van der Waals surface area contributed by atoms with E-state index in [1.807, 2.05) is 0 Å². The number of nitrogens with zero attached hydrogens (tertiary/aromatic N) is 5. The number of ether oxygens (including phenoxy) is 1. The van der Waals surface area contributed by atoms with Crippen molar-refractivity contribution in [2.24, 2.45) is 0 Å². The minimum atomic E-state index is -4.69. The van der Waals surface area contributed by atoms with Crippen LogP contribution in [-0.2, 0) is 32.2 Å². The molecule has 4 heterocycles. The lowest BCUT2D eigenvalue weighted by Gasteiger charge is -2.25. The van der Waals surface area contributed by atoms with Crippen LogP contribution in [0.1, 0.15) is 26.0 Å². The molecule has 7 atom stereocenters. The molecule has 18 heteroatoms. The van der Waals surface area contributed by atoms with E-state index in [2.05, 4.69) is 15.0 Å². The van der Waals surface area contributed by atoms with Crippen molar-refractivity contribution in [1.29, 1.82) is 0 Å². The van der Waals surface area contributed by atoms with E-state index in [-0.39, 0.29) is 37.7 Å². The summed E-state index contributed by atoms with van der Waals surface area (Å²) < 4.78 is 47.4. The van der Waals surface area contributed by atoms with Crippen LogP contribution in [0, 0.1) is 0 Å². The molecule has 2 aromatic heterocycles.